The largest absolute Gasteiger partial charge is 0.298 e. The minimum absolute atomic E-state index is 0.0404. The average Bonchev–Trinajstić information content (AvgIpc) is 2.34. The van der Waals surface area contributed by atoms with Gasteiger partial charge in [-0.3, -0.25) is 4.79 Å². The Balaban J connectivity index is 2.52. The fraction of sp³-hybridized carbons (Fsp3) is 0. The third-order valence-corrected chi connectivity index (χ3v) is 2.37. The molecule has 86 valence electrons. The molecule has 0 heterocycles. The van der Waals surface area contributed by atoms with E-state index < -0.39 is 17.5 Å². The monoisotopic (exact) mass is 236 g/mol. The second-order valence-corrected chi connectivity index (χ2v) is 3.49. The zero-order chi connectivity index (χ0) is 12.4. The molecule has 0 aliphatic rings. The van der Waals surface area contributed by atoms with Crippen molar-refractivity contribution in [2.75, 3.05) is 0 Å². The van der Waals surface area contributed by atoms with Gasteiger partial charge in [-0.05, 0) is 11.6 Å². The molecule has 0 radical (unpaired) electrons. The molecular formula is C13H7F3O. The Kier molecular flexibility index (Phi) is 2.95. The zero-order valence-electron chi connectivity index (χ0n) is 8.58. The number of aldehydes is 1. The quantitative estimate of drug-likeness (QED) is 0.575. The van der Waals surface area contributed by atoms with Crippen molar-refractivity contribution in [1.82, 2.24) is 0 Å². The van der Waals surface area contributed by atoms with Crippen molar-refractivity contribution in [3.05, 3.63) is 59.4 Å². The van der Waals surface area contributed by atoms with E-state index in [2.05, 4.69) is 0 Å². The highest BCUT2D eigenvalue weighted by atomic mass is 19.2. The Labute approximate surface area is 95.5 Å². The first-order valence-corrected chi connectivity index (χ1v) is 4.82. The summed E-state index contributed by atoms with van der Waals surface area (Å²) in [7, 11) is 0. The number of carbonyl (C=O) groups excluding carboxylic acids is 1. The number of halogens is 3. The van der Waals surface area contributed by atoms with Crippen LogP contribution >= 0.6 is 0 Å². The normalized spacial score (nSPS) is 10.3. The minimum Gasteiger partial charge on any atom is -0.298 e. The summed E-state index contributed by atoms with van der Waals surface area (Å²) >= 11 is 0. The van der Waals surface area contributed by atoms with E-state index in [1.165, 1.54) is 24.3 Å². The van der Waals surface area contributed by atoms with E-state index in [0.717, 1.165) is 6.07 Å². The molecule has 17 heavy (non-hydrogen) atoms. The molecule has 0 atom stereocenters. The van der Waals surface area contributed by atoms with Crippen LogP contribution in [0.4, 0.5) is 13.2 Å². The van der Waals surface area contributed by atoms with Crippen LogP contribution in [0.3, 0.4) is 0 Å². The maximum atomic E-state index is 13.4. The third kappa shape index (κ3) is 2.20. The molecule has 0 N–H and O–H groups in total. The molecule has 0 spiro atoms. The Bertz CT molecular complexity index is 562. The molecule has 0 bridgehead atoms. The van der Waals surface area contributed by atoms with Gasteiger partial charge in [0.1, 0.15) is 12.1 Å². The molecule has 0 unspecified atom stereocenters. The van der Waals surface area contributed by atoms with E-state index in [1.807, 2.05) is 0 Å². The van der Waals surface area contributed by atoms with Crippen LogP contribution in [0.1, 0.15) is 10.4 Å². The molecule has 4 heteroatoms. The fourth-order valence-electron chi connectivity index (χ4n) is 1.49. The lowest BCUT2D eigenvalue weighted by atomic mass is 10.0. The van der Waals surface area contributed by atoms with Crippen LogP contribution in [0.15, 0.2) is 36.4 Å². The second-order valence-electron chi connectivity index (χ2n) is 3.49. The van der Waals surface area contributed by atoms with Gasteiger partial charge in [-0.25, -0.2) is 13.2 Å². The zero-order valence-corrected chi connectivity index (χ0v) is 8.58. The molecule has 2 rings (SSSR count). The van der Waals surface area contributed by atoms with E-state index in [-0.39, 0.29) is 5.56 Å². The maximum absolute atomic E-state index is 13.4. The predicted molar refractivity (Wildman–Crippen MR) is 57.1 cm³/mol. The predicted octanol–water partition coefficient (Wildman–Crippen LogP) is 3.58. The lowest BCUT2D eigenvalue weighted by molar-refractivity contribution is 0.112. The Morgan fingerprint density at radius 2 is 1.41 bits per heavy atom. The van der Waals surface area contributed by atoms with E-state index in [0.29, 0.717) is 23.5 Å². The summed E-state index contributed by atoms with van der Waals surface area (Å²) in [5.41, 5.74) is 0.769. The highest BCUT2D eigenvalue weighted by Crippen LogP contribution is 2.25. The molecule has 0 saturated heterocycles. The molecule has 1 nitrogen and oxygen atoms in total. The third-order valence-electron chi connectivity index (χ3n) is 2.37. The highest BCUT2D eigenvalue weighted by Gasteiger charge is 2.11. The van der Waals surface area contributed by atoms with E-state index in [9.17, 15) is 18.0 Å². The Morgan fingerprint density at radius 1 is 0.824 bits per heavy atom. The summed E-state index contributed by atoms with van der Waals surface area (Å²) in [4.78, 5) is 10.4. The van der Waals surface area contributed by atoms with Crippen LogP contribution in [0.25, 0.3) is 11.1 Å². The van der Waals surface area contributed by atoms with Gasteiger partial charge >= 0.3 is 0 Å². The number of hydrogen-bond acceptors (Lipinski definition) is 1. The van der Waals surface area contributed by atoms with Gasteiger partial charge in [0.2, 0.25) is 0 Å². The van der Waals surface area contributed by atoms with Crippen molar-refractivity contribution in [3.63, 3.8) is 0 Å². The van der Waals surface area contributed by atoms with Crippen molar-refractivity contribution in [2.45, 2.75) is 0 Å². The minimum atomic E-state index is -1.23. The summed E-state index contributed by atoms with van der Waals surface area (Å²) in [6.45, 7) is 0. The SMILES string of the molecule is O=Cc1ccc(-c2cc(F)c(F)cc2F)cc1. The lowest BCUT2D eigenvalue weighted by Crippen LogP contribution is -1.91. The van der Waals surface area contributed by atoms with Crippen LogP contribution in [-0.2, 0) is 0 Å². The van der Waals surface area contributed by atoms with Crippen molar-refractivity contribution in [2.24, 2.45) is 0 Å². The van der Waals surface area contributed by atoms with E-state index >= 15 is 0 Å². The second kappa shape index (κ2) is 4.41. The number of carbonyl (C=O) groups is 1. The van der Waals surface area contributed by atoms with Gasteiger partial charge in [0.15, 0.2) is 11.6 Å². The molecule has 0 amide bonds. The van der Waals surface area contributed by atoms with E-state index in [1.54, 1.807) is 0 Å². The number of benzene rings is 2. The molecule has 2 aromatic carbocycles. The molecule has 0 aromatic heterocycles. The number of hydrogen-bond donors (Lipinski definition) is 0. The van der Waals surface area contributed by atoms with Gasteiger partial charge < -0.3 is 0 Å². The van der Waals surface area contributed by atoms with Gasteiger partial charge in [0.25, 0.3) is 0 Å². The summed E-state index contributed by atoms with van der Waals surface area (Å²) in [5, 5.41) is 0. The molecule has 0 saturated carbocycles. The van der Waals surface area contributed by atoms with Gasteiger partial charge in [0, 0.05) is 17.2 Å². The van der Waals surface area contributed by atoms with Crippen LogP contribution in [0, 0.1) is 17.5 Å². The summed E-state index contributed by atoms with van der Waals surface area (Å²) in [6.07, 6.45) is 0.644. The first-order valence-electron chi connectivity index (χ1n) is 4.82. The lowest BCUT2D eigenvalue weighted by Gasteiger charge is -2.04. The van der Waals surface area contributed by atoms with Gasteiger partial charge in [-0.15, -0.1) is 0 Å². The van der Waals surface area contributed by atoms with Crippen LogP contribution < -0.4 is 0 Å². The molecule has 0 aliphatic carbocycles. The van der Waals surface area contributed by atoms with Gasteiger partial charge in [0.05, 0.1) is 0 Å². The van der Waals surface area contributed by atoms with Crippen LogP contribution in [0.5, 0.6) is 0 Å². The smallest absolute Gasteiger partial charge is 0.161 e. The van der Waals surface area contributed by atoms with Crippen molar-refractivity contribution >= 4 is 6.29 Å². The standard InChI is InChI=1S/C13H7F3O/c14-11-6-13(16)12(15)5-10(11)9-3-1-8(7-17)2-4-9/h1-7H. The molecule has 2 aromatic rings. The fourth-order valence-corrected chi connectivity index (χ4v) is 1.49. The van der Waals surface area contributed by atoms with Gasteiger partial charge in [-0.1, -0.05) is 24.3 Å². The molecular weight excluding hydrogens is 229 g/mol. The Hall–Kier alpha value is -2.10. The summed E-state index contributed by atoms with van der Waals surface area (Å²) < 4.78 is 39.1. The first kappa shape index (κ1) is 11.4. The van der Waals surface area contributed by atoms with Crippen molar-refractivity contribution in [3.8, 4) is 11.1 Å². The number of rotatable bonds is 2. The van der Waals surface area contributed by atoms with Crippen LogP contribution in [0.2, 0.25) is 0 Å². The maximum Gasteiger partial charge on any atom is 0.161 e. The highest BCUT2D eigenvalue weighted by molar-refractivity contribution is 5.77. The molecule has 0 aliphatic heterocycles. The topological polar surface area (TPSA) is 17.1 Å². The average molecular weight is 236 g/mol. The summed E-state index contributed by atoms with van der Waals surface area (Å²) in [5.74, 6) is -3.18. The van der Waals surface area contributed by atoms with Gasteiger partial charge in [-0.2, -0.15) is 0 Å². The van der Waals surface area contributed by atoms with Crippen molar-refractivity contribution in [1.29, 1.82) is 0 Å². The summed E-state index contributed by atoms with van der Waals surface area (Å²) in [6, 6.07) is 7.18. The van der Waals surface area contributed by atoms with Crippen molar-refractivity contribution < 1.29 is 18.0 Å². The van der Waals surface area contributed by atoms with Crippen LogP contribution in [-0.4, -0.2) is 6.29 Å². The van der Waals surface area contributed by atoms with E-state index in [4.69, 9.17) is 0 Å². The molecule has 0 fully saturated rings. The first-order chi connectivity index (χ1) is 8.11. The Morgan fingerprint density at radius 3 is 2.00 bits per heavy atom.